The lowest BCUT2D eigenvalue weighted by Crippen LogP contribution is -2.53. The fourth-order valence-electron chi connectivity index (χ4n) is 2.23. The number of carbonyl (C=O) groups excluding carboxylic acids is 1. The summed E-state index contributed by atoms with van der Waals surface area (Å²) in [6.07, 6.45) is 1.86. The summed E-state index contributed by atoms with van der Waals surface area (Å²) in [5, 5.41) is 3.36. The first-order valence-corrected chi connectivity index (χ1v) is 6.01. The second-order valence-corrected chi connectivity index (χ2v) is 5.59. The number of ether oxygens (including phenoxy) is 1. The van der Waals surface area contributed by atoms with E-state index in [4.69, 9.17) is 10.5 Å². The highest BCUT2D eigenvalue weighted by Gasteiger charge is 2.31. The Kier molecular flexibility index (Phi) is 4.33. The zero-order valence-corrected chi connectivity index (χ0v) is 10.7. The summed E-state index contributed by atoms with van der Waals surface area (Å²) >= 11 is 0. The third-order valence-corrected chi connectivity index (χ3v) is 3.09. The van der Waals surface area contributed by atoms with E-state index in [2.05, 4.69) is 19.2 Å². The molecule has 4 heteroatoms. The molecular weight excluding hydrogens is 204 g/mol. The van der Waals surface area contributed by atoms with Crippen molar-refractivity contribution in [2.45, 2.75) is 58.2 Å². The highest BCUT2D eigenvalue weighted by Crippen LogP contribution is 2.24. The predicted molar refractivity (Wildman–Crippen MR) is 64.0 cm³/mol. The number of carbonyl (C=O) groups is 1. The molecule has 0 aliphatic carbocycles. The van der Waals surface area contributed by atoms with E-state index < -0.39 is 0 Å². The van der Waals surface area contributed by atoms with Crippen LogP contribution in [0.1, 0.15) is 40.5 Å². The van der Waals surface area contributed by atoms with Crippen molar-refractivity contribution in [3.05, 3.63) is 0 Å². The zero-order chi connectivity index (χ0) is 12.3. The summed E-state index contributed by atoms with van der Waals surface area (Å²) in [5.41, 5.74) is 5.29. The van der Waals surface area contributed by atoms with Gasteiger partial charge in [0.25, 0.3) is 0 Å². The van der Waals surface area contributed by atoms with E-state index in [0.717, 1.165) is 19.4 Å². The van der Waals surface area contributed by atoms with Gasteiger partial charge in [0.15, 0.2) is 0 Å². The number of nitrogens with one attached hydrogen (secondary N) is 1. The standard InChI is InChI=1S/C12H24N2O2/c1-8(2)10(11(13)15)14-9-5-6-16-12(3,4)7-9/h8-10,14H,5-7H2,1-4H3,(H2,13,15). The van der Waals surface area contributed by atoms with Crippen LogP contribution in [0.2, 0.25) is 0 Å². The fraction of sp³-hybridized carbons (Fsp3) is 0.917. The number of amides is 1. The quantitative estimate of drug-likeness (QED) is 0.755. The molecule has 1 aliphatic heterocycles. The molecule has 4 nitrogen and oxygen atoms in total. The Hall–Kier alpha value is -0.610. The molecule has 3 N–H and O–H groups in total. The van der Waals surface area contributed by atoms with Gasteiger partial charge in [-0.15, -0.1) is 0 Å². The largest absolute Gasteiger partial charge is 0.375 e. The van der Waals surface area contributed by atoms with Crippen LogP contribution in [-0.4, -0.2) is 30.2 Å². The van der Waals surface area contributed by atoms with E-state index in [0.29, 0.717) is 6.04 Å². The van der Waals surface area contributed by atoms with Gasteiger partial charge in [-0.25, -0.2) is 0 Å². The molecular formula is C12H24N2O2. The minimum atomic E-state index is -0.265. The average molecular weight is 228 g/mol. The first kappa shape index (κ1) is 13.5. The lowest BCUT2D eigenvalue weighted by Gasteiger charge is -2.37. The van der Waals surface area contributed by atoms with Crippen molar-refractivity contribution < 1.29 is 9.53 Å². The Bertz CT molecular complexity index is 251. The van der Waals surface area contributed by atoms with Crippen LogP contribution in [0.5, 0.6) is 0 Å². The van der Waals surface area contributed by atoms with Crippen LogP contribution in [0.25, 0.3) is 0 Å². The minimum absolute atomic E-state index is 0.102. The van der Waals surface area contributed by atoms with Crippen LogP contribution in [0.4, 0.5) is 0 Å². The monoisotopic (exact) mass is 228 g/mol. The molecule has 0 aromatic rings. The van der Waals surface area contributed by atoms with Crippen molar-refractivity contribution >= 4 is 5.91 Å². The van der Waals surface area contributed by atoms with Crippen molar-refractivity contribution in [3.8, 4) is 0 Å². The first-order chi connectivity index (χ1) is 7.32. The van der Waals surface area contributed by atoms with Crippen molar-refractivity contribution in [2.24, 2.45) is 11.7 Å². The van der Waals surface area contributed by atoms with Gasteiger partial charge in [-0.05, 0) is 32.6 Å². The summed E-state index contributed by atoms with van der Waals surface area (Å²) in [4.78, 5) is 11.3. The Morgan fingerprint density at radius 2 is 2.12 bits per heavy atom. The first-order valence-electron chi connectivity index (χ1n) is 6.01. The summed E-state index contributed by atoms with van der Waals surface area (Å²) in [6, 6.07) is 0.0857. The maximum Gasteiger partial charge on any atom is 0.234 e. The molecule has 1 heterocycles. The topological polar surface area (TPSA) is 64.3 Å². The molecule has 1 saturated heterocycles. The molecule has 0 radical (unpaired) electrons. The molecule has 16 heavy (non-hydrogen) atoms. The molecule has 1 aliphatic rings. The molecule has 94 valence electrons. The maximum atomic E-state index is 11.3. The SMILES string of the molecule is CC(C)C(NC1CCOC(C)(C)C1)C(N)=O. The van der Waals surface area contributed by atoms with Crippen molar-refractivity contribution in [1.82, 2.24) is 5.32 Å². The molecule has 1 rings (SSSR count). The van der Waals surface area contributed by atoms with Gasteiger partial charge in [-0.2, -0.15) is 0 Å². The van der Waals surface area contributed by atoms with E-state index in [9.17, 15) is 4.79 Å². The Morgan fingerprint density at radius 3 is 2.56 bits per heavy atom. The van der Waals surface area contributed by atoms with Crippen LogP contribution in [0.15, 0.2) is 0 Å². The summed E-state index contributed by atoms with van der Waals surface area (Å²) in [7, 11) is 0. The van der Waals surface area contributed by atoms with Gasteiger partial charge < -0.3 is 15.8 Å². The third kappa shape index (κ3) is 3.76. The van der Waals surface area contributed by atoms with Gasteiger partial charge in [0, 0.05) is 12.6 Å². The van der Waals surface area contributed by atoms with E-state index in [-0.39, 0.29) is 23.5 Å². The normalized spacial score (nSPS) is 26.7. The fourth-order valence-corrected chi connectivity index (χ4v) is 2.23. The van der Waals surface area contributed by atoms with Gasteiger partial charge in [0.05, 0.1) is 11.6 Å². The zero-order valence-electron chi connectivity index (χ0n) is 10.7. The van der Waals surface area contributed by atoms with E-state index in [1.54, 1.807) is 0 Å². The van der Waals surface area contributed by atoms with Gasteiger partial charge in [0.2, 0.25) is 5.91 Å². The molecule has 0 saturated carbocycles. The number of primary amides is 1. The highest BCUT2D eigenvalue weighted by atomic mass is 16.5. The molecule has 0 spiro atoms. The Balaban J connectivity index is 2.55. The van der Waals surface area contributed by atoms with Gasteiger partial charge in [-0.1, -0.05) is 13.8 Å². The van der Waals surface area contributed by atoms with Crippen LogP contribution >= 0.6 is 0 Å². The molecule has 0 aromatic carbocycles. The van der Waals surface area contributed by atoms with E-state index in [1.807, 2.05) is 13.8 Å². The van der Waals surface area contributed by atoms with Crippen LogP contribution in [0.3, 0.4) is 0 Å². The number of rotatable bonds is 4. The average Bonchev–Trinajstić information content (AvgIpc) is 2.11. The molecule has 1 amide bonds. The molecule has 2 unspecified atom stereocenters. The van der Waals surface area contributed by atoms with Gasteiger partial charge in [0.1, 0.15) is 0 Å². The smallest absolute Gasteiger partial charge is 0.234 e. The van der Waals surface area contributed by atoms with E-state index >= 15 is 0 Å². The number of hydrogen-bond acceptors (Lipinski definition) is 3. The second kappa shape index (κ2) is 5.15. The Labute approximate surface area is 97.9 Å². The van der Waals surface area contributed by atoms with Crippen LogP contribution < -0.4 is 11.1 Å². The second-order valence-electron chi connectivity index (χ2n) is 5.59. The number of hydrogen-bond donors (Lipinski definition) is 2. The molecule has 0 bridgehead atoms. The van der Waals surface area contributed by atoms with Gasteiger partial charge in [-0.3, -0.25) is 4.79 Å². The van der Waals surface area contributed by atoms with Crippen LogP contribution in [0, 0.1) is 5.92 Å². The minimum Gasteiger partial charge on any atom is -0.375 e. The summed E-state index contributed by atoms with van der Waals surface area (Å²) in [6.45, 7) is 8.92. The summed E-state index contributed by atoms with van der Waals surface area (Å²) in [5.74, 6) is -0.0391. The molecule has 1 fully saturated rings. The Morgan fingerprint density at radius 1 is 1.50 bits per heavy atom. The van der Waals surface area contributed by atoms with Crippen LogP contribution in [-0.2, 0) is 9.53 Å². The lowest BCUT2D eigenvalue weighted by atomic mass is 9.92. The van der Waals surface area contributed by atoms with Crippen molar-refractivity contribution in [3.63, 3.8) is 0 Å². The molecule has 0 aromatic heterocycles. The van der Waals surface area contributed by atoms with Gasteiger partial charge >= 0.3 is 0 Å². The van der Waals surface area contributed by atoms with Crippen molar-refractivity contribution in [1.29, 1.82) is 0 Å². The molecule has 2 atom stereocenters. The van der Waals surface area contributed by atoms with E-state index in [1.165, 1.54) is 0 Å². The highest BCUT2D eigenvalue weighted by molar-refractivity contribution is 5.80. The number of nitrogens with two attached hydrogens (primary N) is 1. The maximum absolute atomic E-state index is 11.3. The lowest BCUT2D eigenvalue weighted by molar-refractivity contribution is -0.122. The van der Waals surface area contributed by atoms with Crippen molar-refractivity contribution in [2.75, 3.05) is 6.61 Å². The predicted octanol–water partition coefficient (Wildman–Crippen LogP) is 1.04. The third-order valence-electron chi connectivity index (χ3n) is 3.09. The summed E-state index contributed by atoms with van der Waals surface area (Å²) < 4.78 is 5.64.